The largest absolute Gasteiger partial charge is 0.342 e. The Kier molecular flexibility index (Phi) is 3.78. The van der Waals surface area contributed by atoms with Gasteiger partial charge in [-0.1, -0.05) is 0 Å². The average molecular weight is 276 g/mol. The molecule has 1 aromatic rings. The van der Waals surface area contributed by atoms with E-state index in [4.69, 9.17) is 0 Å². The lowest BCUT2D eigenvalue weighted by Crippen LogP contribution is -2.50. The molecule has 0 spiro atoms. The van der Waals surface area contributed by atoms with Gasteiger partial charge in [0.15, 0.2) is 0 Å². The molecular weight excluding hydrogens is 252 g/mol. The number of carbonyl (C=O) groups excluding carboxylic acids is 1. The van der Waals surface area contributed by atoms with E-state index in [1.165, 1.54) is 6.42 Å². The summed E-state index contributed by atoms with van der Waals surface area (Å²) in [5.74, 6) is 0.958. The summed E-state index contributed by atoms with van der Waals surface area (Å²) in [4.78, 5) is 20.9. The maximum Gasteiger partial charge on any atom is 0.222 e. The molecule has 1 aromatic heterocycles. The number of carbonyl (C=O) groups is 1. The second-order valence-electron chi connectivity index (χ2n) is 6.28. The maximum atomic E-state index is 11.9. The maximum absolute atomic E-state index is 11.9. The molecule has 3 heterocycles. The highest BCUT2D eigenvalue weighted by molar-refractivity contribution is 5.76. The van der Waals surface area contributed by atoms with Crippen molar-refractivity contribution < 1.29 is 4.79 Å². The summed E-state index contributed by atoms with van der Waals surface area (Å²) < 4.78 is 2.00. The number of hydrogen-bond donors (Lipinski definition) is 0. The number of aromatic nitrogens is 2. The molecule has 20 heavy (non-hydrogen) atoms. The van der Waals surface area contributed by atoms with E-state index < -0.39 is 0 Å². The Morgan fingerprint density at radius 2 is 2.20 bits per heavy atom. The molecule has 5 heteroatoms. The van der Waals surface area contributed by atoms with Crippen LogP contribution in [0.15, 0.2) is 12.5 Å². The van der Waals surface area contributed by atoms with E-state index in [0.29, 0.717) is 17.9 Å². The third-order valence-electron chi connectivity index (χ3n) is 4.78. The molecule has 2 aliphatic heterocycles. The lowest BCUT2D eigenvalue weighted by atomic mass is 9.88. The van der Waals surface area contributed by atoms with Crippen LogP contribution in [0.1, 0.15) is 31.4 Å². The van der Waals surface area contributed by atoms with Gasteiger partial charge in [0.1, 0.15) is 0 Å². The van der Waals surface area contributed by atoms with Gasteiger partial charge in [0, 0.05) is 52.4 Å². The van der Waals surface area contributed by atoms with E-state index in [0.717, 1.165) is 44.6 Å². The fourth-order valence-corrected chi connectivity index (χ4v) is 3.69. The predicted octanol–water partition coefficient (Wildman–Crippen LogP) is 1.25. The van der Waals surface area contributed by atoms with Gasteiger partial charge in [-0.2, -0.15) is 0 Å². The summed E-state index contributed by atoms with van der Waals surface area (Å²) in [6.07, 6.45) is 8.00. The molecule has 2 saturated heterocycles. The van der Waals surface area contributed by atoms with Crippen LogP contribution in [0.5, 0.6) is 0 Å². The monoisotopic (exact) mass is 276 g/mol. The number of nitrogens with zero attached hydrogens (tertiary/aromatic N) is 4. The first kappa shape index (κ1) is 13.6. The number of aryl methyl sites for hydroxylation is 1. The van der Waals surface area contributed by atoms with Crippen molar-refractivity contribution >= 4 is 5.91 Å². The van der Waals surface area contributed by atoms with E-state index >= 15 is 0 Å². The van der Waals surface area contributed by atoms with Gasteiger partial charge in [0.25, 0.3) is 0 Å². The van der Waals surface area contributed by atoms with Gasteiger partial charge in [-0.25, -0.2) is 4.98 Å². The van der Waals surface area contributed by atoms with Gasteiger partial charge in [-0.05, 0) is 25.2 Å². The van der Waals surface area contributed by atoms with Crippen molar-refractivity contribution in [2.45, 2.75) is 38.3 Å². The van der Waals surface area contributed by atoms with Crippen molar-refractivity contribution in [3.05, 3.63) is 18.2 Å². The zero-order valence-corrected chi connectivity index (χ0v) is 12.5. The smallest absolute Gasteiger partial charge is 0.222 e. The van der Waals surface area contributed by atoms with E-state index in [1.807, 2.05) is 29.9 Å². The molecule has 0 unspecified atom stereocenters. The van der Waals surface area contributed by atoms with Crippen LogP contribution in [0.2, 0.25) is 0 Å². The van der Waals surface area contributed by atoms with Crippen molar-refractivity contribution in [3.63, 3.8) is 0 Å². The molecule has 0 aromatic carbocycles. The molecule has 1 amide bonds. The highest BCUT2D eigenvalue weighted by atomic mass is 16.2. The van der Waals surface area contributed by atoms with E-state index in [-0.39, 0.29) is 0 Å². The summed E-state index contributed by atoms with van der Waals surface area (Å²) in [5.41, 5.74) is 1.14. The highest BCUT2D eigenvalue weighted by Crippen LogP contribution is 2.30. The standard InChI is InChI=1S/C15H24N4O/c1-17-9-13(16-11-17)10-19-7-6-14-12(8-19)4-3-5-15(20)18(14)2/h9,11-12,14H,3-8,10H2,1-2H3/t12-,14-/m1/s1. The molecule has 0 N–H and O–H groups in total. The topological polar surface area (TPSA) is 41.4 Å². The molecule has 5 nitrogen and oxygen atoms in total. The Balaban J connectivity index is 1.64. The van der Waals surface area contributed by atoms with E-state index in [2.05, 4.69) is 16.1 Å². The molecular formula is C15H24N4O. The van der Waals surface area contributed by atoms with Crippen LogP contribution in [0.25, 0.3) is 0 Å². The molecule has 0 aliphatic carbocycles. The van der Waals surface area contributed by atoms with Gasteiger partial charge < -0.3 is 9.47 Å². The van der Waals surface area contributed by atoms with Crippen molar-refractivity contribution in [1.29, 1.82) is 0 Å². The summed E-state index contributed by atoms with van der Waals surface area (Å²) in [6.45, 7) is 3.09. The minimum atomic E-state index is 0.329. The molecule has 2 aliphatic rings. The van der Waals surface area contributed by atoms with Crippen molar-refractivity contribution in [1.82, 2.24) is 19.4 Å². The number of hydrogen-bond acceptors (Lipinski definition) is 3. The highest BCUT2D eigenvalue weighted by Gasteiger charge is 2.35. The number of piperidine rings is 1. The quantitative estimate of drug-likeness (QED) is 0.816. The predicted molar refractivity (Wildman–Crippen MR) is 77.0 cm³/mol. The Morgan fingerprint density at radius 1 is 1.35 bits per heavy atom. The molecule has 3 rings (SSSR count). The van der Waals surface area contributed by atoms with Crippen molar-refractivity contribution in [3.8, 4) is 0 Å². The number of likely N-dealkylation sites (tertiary alicyclic amines) is 2. The number of imidazole rings is 1. The fourth-order valence-electron chi connectivity index (χ4n) is 3.69. The lowest BCUT2D eigenvalue weighted by Gasteiger charge is -2.41. The summed E-state index contributed by atoms with van der Waals surface area (Å²) >= 11 is 0. The third kappa shape index (κ3) is 2.73. The summed E-state index contributed by atoms with van der Waals surface area (Å²) in [6, 6.07) is 0.449. The Morgan fingerprint density at radius 3 is 2.95 bits per heavy atom. The number of fused-ring (bicyclic) bond motifs is 1. The minimum Gasteiger partial charge on any atom is -0.342 e. The van der Waals surface area contributed by atoms with Gasteiger partial charge in [-0.15, -0.1) is 0 Å². The number of amides is 1. The Labute approximate surface area is 120 Å². The zero-order valence-electron chi connectivity index (χ0n) is 12.5. The minimum absolute atomic E-state index is 0.329. The fraction of sp³-hybridized carbons (Fsp3) is 0.733. The van der Waals surface area contributed by atoms with Crippen molar-refractivity contribution in [2.75, 3.05) is 20.1 Å². The van der Waals surface area contributed by atoms with Crippen LogP contribution >= 0.6 is 0 Å². The number of rotatable bonds is 2. The molecule has 0 bridgehead atoms. The molecule has 110 valence electrons. The van der Waals surface area contributed by atoms with Gasteiger partial charge in [-0.3, -0.25) is 9.69 Å². The van der Waals surface area contributed by atoms with Gasteiger partial charge >= 0.3 is 0 Å². The van der Waals surface area contributed by atoms with Crippen LogP contribution in [0.3, 0.4) is 0 Å². The first-order chi connectivity index (χ1) is 9.63. The molecule has 2 fully saturated rings. The second kappa shape index (κ2) is 5.56. The average Bonchev–Trinajstić information content (AvgIpc) is 2.77. The first-order valence-corrected chi connectivity index (χ1v) is 7.58. The van der Waals surface area contributed by atoms with Crippen LogP contribution in [0.4, 0.5) is 0 Å². The molecule has 0 saturated carbocycles. The van der Waals surface area contributed by atoms with Gasteiger partial charge in [0.05, 0.1) is 12.0 Å². The molecule has 2 atom stereocenters. The van der Waals surface area contributed by atoms with Crippen molar-refractivity contribution in [2.24, 2.45) is 13.0 Å². The van der Waals surface area contributed by atoms with Crippen LogP contribution < -0.4 is 0 Å². The van der Waals surface area contributed by atoms with Crippen LogP contribution in [-0.2, 0) is 18.4 Å². The van der Waals surface area contributed by atoms with Gasteiger partial charge in [0.2, 0.25) is 5.91 Å². The SMILES string of the molecule is CN1C(=O)CCC[C@@H]2CN(Cc3cn(C)cn3)CC[C@H]21. The zero-order chi connectivity index (χ0) is 14.1. The summed E-state index contributed by atoms with van der Waals surface area (Å²) in [7, 11) is 3.99. The normalized spacial score (nSPS) is 28.3. The lowest BCUT2D eigenvalue weighted by molar-refractivity contribution is -0.132. The van der Waals surface area contributed by atoms with E-state index in [9.17, 15) is 4.79 Å². The first-order valence-electron chi connectivity index (χ1n) is 7.58. The molecule has 0 radical (unpaired) electrons. The van der Waals surface area contributed by atoms with E-state index in [1.54, 1.807) is 0 Å². The van der Waals surface area contributed by atoms with Crippen LogP contribution in [0, 0.1) is 5.92 Å². The Bertz CT molecular complexity index is 484. The Hall–Kier alpha value is -1.36. The summed E-state index contributed by atoms with van der Waals surface area (Å²) in [5, 5.41) is 0. The second-order valence-corrected chi connectivity index (χ2v) is 6.28. The third-order valence-corrected chi connectivity index (χ3v) is 4.78. The van der Waals surface area contributed by atoms with Crippen LogP contribution in [-0.4, -0.2) is 51.4 Å².